The van der Waals surface area contributed by atoms with E-state index in [4.69, 9.17) is 10.00 Å². The second-order valence-electron chi connectivity index (χ2n) is 3.08. The van der Waals surface area contributed by atoms with Crippen LogP contribution >= 0.6 is 0 Å². The molecule has 78 valence electrons. The highest BCUT2D eigenvalue weighted by atomic mass is 16.5. The van der Waals surface area contributed by atoms with Crippen LogP contribution in [0, 0.1) is 25.2 Å². The lowest BCUT2D eigenvalue weighted by molar-refractivity contribution is 0.341. The SMILES string of the molecule is CC=CCOc1nnc(C)c(C)c1C#N. The Hall–Kier alpha value is -1.89. The first kappa shape index (κ1) is 11.2. The molecule has 4 heteroatoms. The number of ether oxygens (including phenoxy) is 1. The van der Waals surface area contributed by atoms with Crippen molar-refractivity contribution in [2.45, 2.75) is 20.8 Å². The molecule has 0 N–H and O–H groups in total. The largest absolute Gasteiger partial charge is 0.471 e. The Morgan fingerprint density at radius 3 is 2.73 bits per heavy atom. The van der Waals surface area contributed by atoms with Crippen molar-refractivity contribution in [2.24, 2.45) is 0 Å². The number of nitriles is 1. The van der Waals surface area contributed by atoms with E-state index in [1.807, 2.05) is 32.9 Å². The molecule has 0 aliphatic rings. The summed E-state index contributed by atoms with van der Waals surface area (Å²) >= 11 is 0. The molecular formula is C11H13N3O. The fourth-order valence-electron chi connectivity index (χ4n) is 1.04. The summed E-state index contributed by atoms with van der Waals surface area (Å²) in [5.74, 6) is 0.304. The van der Waals surface area contributed by atoms with Crippen LogP contribution in [0.5, 0.6) is 5.88 Å². The molecule has 0 radical (unpaired) electrons. The van der Waals surface area contributed by atoms with Crippen LogP contribution in [0.15, 0.2) is 12.2 Å². The van der Waals surface area contributed by atoms with Gasteiger partial charge < -0.3 is 4.74 Å². The summed E-state index contributed by atoms with van der Waals surface area (Å²) in [5, 5.41) is 16.7. The molecule has 0 aliphatic heterocycles. The van der Waals surface area contributed by atoms with Crippen molar-refractivity contribution in [2.75, 3.05) is 6.61 Å². The third-order valence-electron chi connectivity index (χ3n) is 2.09. The lowest BCUT2D eigenvalue weighted by atomic mass is 10.1. The zero-order chi connectivity index (χ0) is 11.3. The maximum atomic E-state index is 8.96. The minimum absolute atomic E-state index is 0.304. The predicted molar refractivity (Wildman–Crippen MR) is 56.5 cm³/mol. The molecule has 4 nitrogen and oxygen atoms in total. The Kier molecular flexibility index (Phi) is 3.81. The van der Waals surface area contributed by atoms with E-state index in [9.17, 15) is 0 Å². The first-order valence-electron chi connectivity index (χ1n) is 4.68. The van der Waals surface area contributed by atoms with Gasteiger partial charge in [-0.05, 0) is 26.3 Å². The minimum Gasteiger partial charge on any atom is -0.471 e. The fourth-order valence-corrected chi connectivity index (χ4v) is 1.04. The molecule has 0 bridgehead atoms. The van der Waals surface area contributed by atoms with Gasteiger partial charge >= 0.3 is 0 Å². The fraction of sp³-hybridized carbons (Fsp3) is 0.364. The number of allylic oxidation sites excluding steroid dienone is 1. The summed E-state index contributed by atoms with van der Waals surface area (Å²) in [7, 11) is 0. The van der Waals surface area contributed by atoms with Gasteiger partial charge in [-0.1, -0.05) is 12.2 Å². The molecule has 0 aliphatic carbocycles. The molecule has 0 saturated carbocycles. The summed E-state index contributed by atoms with van der Waals surface area (Å²) < 4.78 is 5.32. The van der Waals surface area contributed by atoms with Gasteiger partial charge in [-0.2, -0.15) is 10.4 Å². The summed E-state index contributed by atoms with van der Waals surface area (Å²) in [5.41, 5.74) is 2.04. The maximum absolute atomic E-state index is 8.96. The van der Waals surface area contributed by atoms with E-state index in [-0.39, 0.29) is 0 Å². The zero-order valence-electron chi connectivity index (χ0n) is 9.11. The van der Waals surface area contributed by atoms with Gasteiger partial charge in [0.1, 0.15) is 18.2 Å². The van der Waals surface area contributed by atoms with E-state index in [1.54, 1.807) is 0 Å². The molecule has 0 unspecified atom stereocenters. The normalized spacial score (nSPS) is 10.3. The van der Waals surface area contributed by atoms with Gasteiger partial charge in [0.05, 0.1) is 5.69 Å². The Morgan fingerprint density at radius 1 is 1.40 bits per heavy atom. The highest BCUT2D eigenvalue weighted by molar-refractivity contribution is 5.44. The minimum atomic E-state index is 0.304. The molecule has 0 fully saturated rings. The molecule has 0 aromatic carbocycles. The molecule has 0 amide bonds. The predicted octanol–water partition coefficient (Wildman–Crippen LogP) is 1.92. The second-order valence-corrected chi connectivity index (χ2v) is 3.08. The van der Waals surface area contributed by atoms with E-state index in [1.165, 1.54) is 0 Å². The molecule has 0 saturated heterocycles. The number of aromatic nitrogens is 2. The third kappa shape index (κ3) is 2.53. The van der Waals surface area contributed by atoms with Gasteiger partial charge in [-0.15, -0.1) is 5.10 Å². The van der Waals surface area contributed by atoms with Gasteiger partial charge in [0.15, 0.2) is 0 Å². The lowest BCUT2D eigenvalue weighted by Crippen LogP contribution is -2.03. The first-order chi connectivity index (χ1) is 7.20. The summed E-state index contributed by atoms with van der Waals surface area (Å²) in [6, 6.07) is 2.08. The molecule has 1 aromatic rings. The van der Waals surface area contributed by atoms with E-state index >= 15 is 0 Å². The Labute approximate surface area is 89.2 Å². The van der Waals surface area contributed by atoms with Gasteiger partial charge in [-0.25, -0.2) is 0 Å². The summed E-state index contributed by atoms with van der Waals surface area (Å²) in [6.45, 7) is 5.97. The second kappa shape index (κ2) is 5.11. The Morgan fingerprint density at radius 2 is 2.13 bits per heavy atom. The van der Waals surface area contributed by atoms with E-state index in [0.29, 0.717) is 18.1 Å². The number of nitrogens with zero attached hydrogens (tertiary/aromatic N) is 3. The van der Waals surface area contributed by atoms with Crippen LogP contribution in [0.25, 0.3) is 0 Å². The van der Waals surface area contributed by atoms with Crippen LogP contribution in [0.2, 0.25) is 0 Å². The summed E-state index contributed by atoms with van der Waals surface area (Å²) in [6.07, 6.45) is 3.72. The lowest BCUT2D eigenvalue weighted by Gasteiger charge is -2.06. The van der Waals surface area contributed by atoms with Crippen LogP contribution < -0.4 is 4.74 Å². The van der Waals surface area contributed by atoms with Crippen molar-refractivity contribution >= 4 is 0 Å². The number of rotatable bonds is 3. The molecule has 0 spiro atoms. The molecule has 1 rings (SSSR count). The standard InChI is InChI=1S/C11H13N3O/c1-4-5-6-15-11-10(7-12)8(2)9(3)13-14-11/h4-5H,6H2,1-3H3. The Bertz CT molecular complexity index is 419. The maximum Gasteiger partial charge on any atom is 0.252 e. The van der Waals surface area contributed by atoms with Gasteiger partial charge in [0.25, 0.3) is 5.88 Å². The Balaban J connectivity index is 2.99. The van der Waals surface area contributed by atoms with Crippen LogP contribution in [-0.2, 0) is 0 Å². The van der Waals surface area contributed by atoms with Crippen molar-refractivity contribution < 1.29 is 4.74 Å². The highest BCUT2D eigenvalue weighted by Crippen LogP contribution is 2.18. The number of aryl methyl sites for hydroxylation is 1. The van der Waals surface area contributed by atoms with Crippen molar-refractivity contribution in [3.8, 4) is 11.9 Å². The summed E-state index contributed by atoms with van der Waals surface area (Å²) in [4.78, 5) is 0. The third-order valence-corrected chi connectivity index (χ3v) is 2.09. The van der Waals surface area contributed by atoms with E-state index in [0.717, 1.165) is 11.3 Å². The van der Waals surface area contributed by atoms with Crippen LogP contribution in [0.1, 0.15) is 23.7 Å². The van der Waals surface area contributed by atoms with Crippen LogP contribution in [-0.4, -0.2) is 16.8 Å². The molecule has 1 aromatic heterocycles. The smallest absolute Gasteiger partial charge is 0.252 e. The van der Waals surface area contributed by atoms with Crippen LogP contribution in [0.4, 0.5) is 0 Å². The molecular weight excluding hydrogens is 190 g/mol. The average molecular weight is 203 g/mol. The molecule has 1 heterocycles. The van der Waals surface area contributed by atoms with Crippen molar-refractivity contribution in [3.05, 3.63) is 29.0 Å². The van der Waals surface area contributed by atoms with E-state index in [2.05, 4.69) is 16.3 Å². The quantitative estimate of drug-likeness (QED) is 0.704. The van der Waals surface area contributed by atoms with Crippen molar-refractivity contribution in [3.63, 3.8) is 0 Å². The monoisotopic (exact) mass is 203 g/mol. The van der Waals surface area contributed by atoms with Crippen LogP contribution in [0.3, 0.4) is 0 Å². The van der Waals surface area contributed by atoms with E-state index < -0.39 is 0 Å². The number of hydrogen-bond donors (Lipinski definition) is 0. The molecule has 15 heavy (non-hydrogen) atoms. The number of hydrogen-bond acceptors (Lipinski definition) is 4. The van der Waals surface area contributed by atoms with Gasteiger partial charge in [0, 0.05) is 0 Å². The zero-order valence-corrected chi connectivity index (χ0v) is 9.11. The van der Waals surface area contributed by atoms with Crippen molar-refractivity contribution in [1.82, 2.24) is 10.2 Å². The van der Waals surface area contributed by atoms with Crippen molar-refractivity contribution in [1.29, 1.82) is 5.26 Å². The average Bonchev–Trinajstić information content (AvgIpc) is 2.24. The molecule has 0 atom stereocenters. The van der Waals surface area contributed by atoms with Gasteiger partial charge in [0.2, 0.25) is 0 Å². The first-order valence-corrected chi connectivity index (χ1v) is 4.68. The van der Waals surface area contributed by atoms with Gasteiger partial charge in [-0.3, -0.25) is 0 Å². The highest BCUT2D eigenvalue weighted by Gasteiger charge is 2.10. The topological polar surface area (TPSA) is 58.8 Å².